The summed E-state index contributed by atoms with van der Waals surface area (Å²) >= 11 is 0. The van der Waals surface area contributed by atoms with Gasteiger partial charge in [0.05, 0.1) is 6.42 Å². The van der Waals surface area contributed by atoms with Gasteiger partial charge in [-0.1, -0.05) is 18.2 Å². The number of anilines is 1. The molecule has 1 amide bonds. The minimum Gasteiger partial charge on any atom is -0.438 e. The Balaban J connectivity index is 1.70. The SMILES string of the molecule is Cc1cc(Oc2ncccc2C#N)ccc1NC(=O)Cc1ccccc1F. The number of ether oxygens (including phenoxy) is 1. The summed E-state index contributed by atoms with van der Waals surface area (Å²) in [6.45, 7) is 1.81. The maximum Gasteiger partial charge on any atom is 0.237 e. The average Bonchev–Trinajstić information content (AvgIpc) is 2.66. The molecule has 1 heterocycles. The molecular formula is C21H16FN3O2. The summed E-state index contributed by atoms with van der Waals surface area (Å²) in [5, 5.41) is 11.9. The van der Waals surface area contributed by atoms with Crippen LogP contribution in [-0.4, -0.2) is 10.9 Å². The molecular weight excluding hydrogens is 345 g/mol. The normalized spacial score (nSPS) is 10.1. The zero-order valence-electron chi connectivity index (χ0n) is 14.6. The average molecular weight is 361 g/mol. The Morgan fingerprint density at radius 3 is 2.78 bits per heavy atom. The highest BCUT2D eigenvalue weighted by Crippen LogP contribution is 2.26. The van der Waals surface area contributed by atoms with Gasteiger partial charge in [0, 0.05) is 11.9 Å². The van der Waals surface area contributed by atoms with E-state index in [0.29, 0.717) is 22.6 Å². The van der Waals surface area contributed by atoms with Crippen LogP contribution < -0.4 is 10.1 Å². The van der Waals surface area contributed by atoms with Gasteiger partial charge in [0.15, 0.2) is 0 Å². The quantitative estimate of drug-likeness (QED) is 0.732. The van der Waals surface area contributed by atoms with Crippen LogP contribution in [0.2, 0.25) is 0 Å². The highest BCUT2D eigenvalue weighted by molar-refractivity contribution is 5.93. The van der Waals surface area contributed by atoms with Crippen molar-refractivity contribution in [3.05, 3.63) is 83.3 Å². The molecule has 0 saturated carbocycles. The van der Waals surface area contributed by atoms with E-state index in [1.54, 1.807) is 54.7 Å². The lowest BCUT2D eigenvalue weighted by atomic mass is 10.1. The van der Waals surface area contributed by atoms with Crippen LogP contribution in [0.4, 0.5) is 10.1 Å². The Bertz CT molecular complexity index is 1030. The second-order valence-corrected chi connectivity index (χ2v) is 5.86. The molecule has 134 valence electrons. The largest absolute Gasteiger partial charge is 0.438 e. The van der Waals surface area contributed by atoms with Gasteiger partial charge >= 0.3 is 0 Å². The molecule has 3 rings (SSSR count). The fourth-order valence-corrected chi connectivity index (χ4v) is 2.52. The summed E-state index contributed by atoms with van der Waals surface area (Å²) in [5.74, 6) is -0.00400. The van der Waals surface area contributed by atoms with Gasteiger partial charge in [-0.3, -0.25) is 4.79 Å². The number of amides is 1. The van der Waals surface area contributed by atoms with E-state index < -0.39 is 5.82 Å². The van der Waals surface area contributed by atoms with E-state index in [-0.39, 0.29) is 18.2 Å². The van der Waals surface area contributed by atoms with Crippen molar-refractivity contribution < 1.29 is 13.9 Å². The fourth-order valence-electron chi connectivity index (χ4n) is 2.52. The van der Waals surface area contributed by atoms with Crippen molar-refractivity contribution in [3.8, 4) is 17.7 Å². The lowest BCUT2D eigenvalue weighted by Gasteiger charge is -2.11. The van der Waals surface area contributed by atoms with Crippen molar-refractivity contribution in [3.63, 3.8) is 0 Å². The molecule has 0 bridgehead atoms. The highest BCUT2D eigenvalue weighted by Gasteiger charge is 2.11. The van der Waals surface area contributed by atoms with E-state index >= 15 is 0 Å². The zero-order chi connectivity index (χ0) is 19.2. The molecule has 5 nitrogen and oxygen atoms in total. The maximum atomic E-state index is 13.7. The monoisotopic (exact) mass is 361 g/mol. The first kappa shape index (κ1) is 18.1. The first-order valence-electron chi connectivity index (χ1n) is 8.23. The van der Waals surface area contributed by atoms with Crippen molar-refractivity contribution >= 4 is 11.6 Å². The van der Waals surface area contributed by atoms with E-state index in [2.05, 4.69) is 10.3 Å². The van der Waals surface area contributed by atoms with Crippen LogP contribution in [0.5, 0.6) is 11.6 Å². The molecule has 1 N–H and O–H groups in total. The Morgan fingerprint density at radius 2 is 2.04 bits per heavy atom. The second kappa shape index (κ2) is 8.11. The van der Waals surface area contributed by atoms with E-state index in [0.717, 1.165) is 5.56 Å². The first-order valence-corrected chi connectivity index (χ1v) is 8.23. The summed E-state index contributed by atoms with van der Waals surface area (Å²) in [4.78, 5) is 16.2. The number of rotatable bonds is 5. The van der Waals surface area contributed by atoms with Crippen molar-refractivity contribution in [1.82, 2.24) is 4.98 Å². The Kier molecular flexibility index (Phi) is 5.43. The molecule has 0 unspecified atom stereocenters. The van der Waals surface area contributed by atoms with Gasteiger partial charge in [0.25, 0.3) is 0 Å². The lowest BCUT2D eigenvalue weighted by Crippen LogP contribution is -2.15. The molecule has 0 radical (unpaired) electrons. The number of carbonyl (C=O) groups is 1. The van der Waals surface area contributed by atoms with Crippen molar-refractivity contribution in [2.75, 3.05) is 5.32 Å². The molecule has 6 heteroatoms. The van der Waals surface area contributed by atoms with E-state index in [9.17, 15) is 9.18 Å². The number of halogens is 1. The second-order valence-electron chi connectivity index (χ2n) is 5.86. The van der Waals surface area contributed by atoms with Gasteiger partial charge in [0.1, 0.15) is 23.2 Å². The van der Waals surface area contributed by atoms with E-state index in [1.807, 2.05) is 13.0 Å². The van der Waals surface area contributed by atoms with Crippen LogP contribution in [0, 0.1) is 24.1 Å². The van der Waals surface area contributed by atoms with Crippen LogP contribution in [0.15, 0.2) is 60.8 Å². The summed E-state index contributed by atoms with van der Waals surface area (Å²) in [6, 6.07) is 16.6. The number of nitrogens with one attached hydrogen (secondary N) is 1. The van der Waals surface area contributed by atoms with Gasteiger partial charge in [-0.25, -0.2) is 9.37 Å². The Labute approximate surface area is 156 Å². The Hall–Kier alpha value is -3.72. The van der Waals surface area contributed by atoms with Crippen LogP contribution in [0.25, 0.3) is 0 Å². The number of nitrogens with zero attached hydrogens (tertiary/aromatic N) is 2. The number of hydrogen-bond donors (Lipinski definition) is 1. The van der Waals surface area contributed by atoms with Crippen LogP contribution >= 0.6 is 0 Å². The molecule has 0 fully saturated rings. The van der Waals surface area contributed by atoms with Crippen molar-refractivity contribution in [2.24, 2.45) is 0 Å². The predicted octanol–water partition coefficient (Wildman–Crippen LogP) is 4.37. The standard InChI is InChI=1S/C21H16FN3O2/c1-14-11-17(27-21-16(13-23)6-4-10-24-21)8-9-19(14)25-20(26)12-15-5-2-3-7-18(15)22/h2-11H,12H2,1H3,(H,25,26). The molecule has 0 saturated heterocycles. The minimum atomic E-state index is -0.406. The van der Waals surface area contributed by atoms with Crippen LogP contribution in [0.3, 0.4) is 0 Å². The topological polar surface area (TPSA) is 75.0 Å². The summed E-state index contributed by atoms with van der Waals surface area (Å²) in [5.41, 5.74) is 2.04. The highest BCUT2D eigenvalue weighted by atomic mass is 19.1. The number of hydrogen-bond acceptors (Lipinski definition) is 4. The van der Waals surface area contributed by atoms with Crippen molar-refractivity contribution in [1.29, 1.82) is 5.26 Å². The molecule has 1 aromatic heterocycles. The molecule has 2 aromatic carbocycles. The molecule has 0 atom stereocenters. The number of aryl methyl sites for hydroxylation is 1. The third-order valence-electron chi connectivity index (χ3n) is 3.89. The van der Waals surface area contributed by atoms with Crippen molar-refractivity contribution in [2.45, 2.75) is 13.3 Å². The van der Waals surface area contributed by atoms with E-state index in [1.165, 1.54) is 6.07 Å². The maximum absolute atomic E-state index is 13.7. The van der Waals surface area contributed by atoms with Gasteiger partial charge in [-0.15, -0.1) is 0 Å². The summed E-state index contributed by atoms with van der Waals surface area (Å²) < 4.78 is 19.3. The molecule has 0 spiro atoms. The number of carbonyl (C=O) groups excluding carboxylic acids is 1. The molecule has 0 aliphatic carbocycles. The van der Waals surface area contributed by atoms with E-state index in [4.69, 9.17) is 10.00 Å². The molecule has 0 aliphatic heterocycles. The number of nitriles is 1. The minimum absolute atomic E-state index is 0.0518. The van der Waals surface area contributed by atoms with Gasteiger partial charge in [0.2, 0.25) is 11.8 Å². The summed E-state index contributed by atoms with van der Waals surface area (Å²) in [6.07, 6.45) is 1.49. The fraction of sp³-hybridized carbons (Fsp3) is 0.0952. The zero-order valence-corrected chi connectivity index (χ0v) is 14.6. The molecule has 27 heavy (non-hydrogen) atoms. The smallest absolute Gasteiger partial charge is 0.237 e. The van der Waals surface area contributed by atoms with Gasteiger partial charge in [-0.05, 0) is 54.4 Å². The molecule has 3 aromatic rings. The lowest BCUT2D eigenvalue weighted by molar-refractivity contribution is -0.115. The third-order valence-corrected chi connectivity index (χ3v) is 3.89. The third kappa shape index (κ3) is 4.47. The summed E-state index contributed by atoms with van der Waals surface area (Å²) in [7, 11) is 0. The Morgan fingerprint density at radius 1 is 1.22 bits per heavy atom. The van der Waals surface area contributed by atoms with Gasteiger partial charge in [-0.2, -0.15) is 5.26 Å². The molecule has 0 aliphatic rings. The van der Waals surface area contributed by atoms with Crippen LogP contribution in [0.1, 0.15) is 16.7 Å². The number of aromatic nitrogens is 1. The first-order chi connectivity index (χ1) is 13.1. The van der Waals surface area contributed by atoms with Crippen LogP contribution in [-0.2, 0) is 11.2 Å². The number of pyridine rings is 1. The predicted molar refractivity (Wildman–Crippen MR) is 98.9 cm³/mol. The van der Waals surface area contributed by atoms with Gasteiger partial charge < -0.3 is 10.1 Å². The number of benzene rings is 2.